The third-order valence-corrected chi connectivity index (χ3v) is 4.87. The number of aromatic nitrogens is 3. The molecule has 4 heterocycles. The van der Waals surface area contributed by atoms with Crippen LogP contribution in [0.1, 0.15) is 30.3 Å². The number of hydrogen-bond donors (Lipinski definition) is 0. The third-order valence-electron chi connectivity index (χ3n) is 4.87. The Kier molecular flexibility index (Phi) is 3.40. The Morgan fingerprint density at radius 1 is 1.33 bits per heavy atom. The Hall–Kier alpha value is -2.63. The van der Waals surface area contributed by atoms with Crippen molar-refractivity contribution in [3.8, 4) is 0 Å². The molecule has 3 aromatic rings. The van der Waals surface area contributed by atoms with Crippen molar-refractivity contribution in [2.24, 2.45) is 13.0 Å². The molecule has 0 unspecified atom stereocenters. The molecule has 4 rings (SSSR count). The van der Waals surface area contributed by atoms with Crippen molar-refractivity contribution in [3.63, 3.8) is 0 Å². The van der Waals surface area contributed by atoms with Gasteiger partial charge >= 0.3 is 0 Å². The molecule has 1 fully saturated rings. The van der Waals surface area contributed by atoms with Gasteiger partial charge in [0, 0.05) is 26.3 Å². The fraction of sp³-hybridized carbons (Fsp3) is 0.389. The predicted molar refractivity (Wildman–Crippen MR) is 92.2 cm³/mol. The maximum atomic E-state index is 12.9. The van der Waals surface area contributed by atoms with Crippen LogP contribution in [0.15, 0.2) is 35.3 Å². The predicted octanol–water partition coefficient (Wildman–Crippen LogP) is 2.06. The van der Waals surface area contributed by atoms with Crippen LogP contribution in [-0.2, 0) is 7.05 Å². The molecule has 1 aliphatic rings. The Labute approximate surface area is 139 Å². The molecule has 3 aromatic heterocycles. The average Bonchev–Trinajstić information content (AvgIpc) is 2.92. The van der Waals surface area contributed by atoms with Crippen molar-refractivity contribution in [3.05, 3.63) is 46.5 Å². The molecule has 1 saturated heterocycles. The summed E-state index contributed by atoms with van der Waals surface area (Å²) in [6.07, 6.45) is 3.89. The van der Waals surface area contributed by atoms with Gasteiger partial charge in [-0.3, -0.25) is 14.0 Å². The third kappa shape index (κ3) is 2.21. The number of aryl methyl sites for hydroxylation is 1. The second-order valence-corrected chi connectivity index (χ2v) is 6.67. The van der Waals surface area contributed by atoms with Gasteiger partial charge in [0.1, 0.15) is 17.0 Å². The van der Waals surface area contributed by atoms with Gasteiger partial charge < -0.3 is 9.47 Å². The van der Waals surface area contributed by atoms with E-state index in [1.807, 2.05) is 11.0 Å². The zero-order chi connectivity index (χ0) is 16.8. The zero-order valence-corrected chi connectivity index (χ0v) is 13.9. The summed E-state index contributed by atoms with van der Waals surface area (Å²) in [5.74, 6) is 0.499. The number of hydrogen-bond acceptors (Lipinski definition) is 3. The highest BCUT2D eigenvalue weighted by molar-refractivity contribution is 5.98. The molecule has 1 atom stereocenters. The summed E-state index contributed by atoms with van der Waals surface area (Å²) in [6, 6.07) is 7.12. The van der Waals surface area contributed by atoms with E-state index in [2.05, 4.69) is 11.9 Å². The molecule has 124 valence electrons. The summed E-state index contributed by atoms with van der Waals surface area (Å²) in [5.41, 5.74) is 1.53. The number of likely N-dealkylation sites (tertiary alicyclic amines) is 1. The van der Waals surface area contributed by atoms with E-state index in [0.29, 0.717) is 28.3 Å². The normalized spacial score (nSPS) is 18.4. The van der Waals surface area contributed by atoms with Gasteiger partial charge in [-0.1, -0.05) is 13.0 Å². The number of fused-ring (bicyclic) bond motifs is 2. The molecular formula is C18H20N4O2. The van der Waals surface area contributed by atoms with Crippen molar-refractivity contribution in [1.82, 2.24) is 18.9 Å². The lowest BCUT2D eigenvalue weighted by molar-refractivity contribution is 0.0674. The van der Waals surface area contributed by atoms with Crippen LogP contribution in [0.2, 0.25) is 0 Å². The van der Waals surface area contributed by atoms with E-state index in [1.54, 1.807) is 36.0 Å². The van der Waals surface area contributed by atoms with E-state index in [0.717, 1.165) is 25.9 Å². The lowest BCUT2D eigenvalue weighted by atomic mass is 10.00. The molecule has 0 N–H and O–H groups in total. The standard InChI is InChI=1S/C18H20N4O2/c1-12-6-5-8-21(11-12)18(24)14-10-13-16(20(14)2)19-15-7-3-4-9-22(15)17(13)23/h3-4,7,9-10,12H,5-6,8,11H2,1-2H3/t12-/m1/s1. The molecule has 0 aromatic carbocycles. The fourth-order valence-corrected chi connectivity index (χ4v) is 3.56. The molecule has 1 amide bonds. The summed E-state index contributed by atoms with van der Waals surface area (Å²) >= 11 is 0. The molecular weight excluding hydrogens is 304 g/mol. The quantitative estimate of drug-likeness (QED) is 0.688. The number of piperidine rings is 1. The second-order valence-electron chi connectivity index (χ2n) is 6.67. The van der Waals surface area contributed by atoms with Gasteiger partial charge in [0.05, 0.1) is 5.39 Å². The smallest absolute Gasteiger partial charge is 0.270 e. The van der Waals surface area contributed by atoms with Crippen LogP contribution in [0.5, 0.6) is 0 Å². The van der Waals surface area contributed by atoms with E-state index in [4.69, 9.17) is 0 Å². The van der Waals surface area contributed by atoms with Crippen molar-refractivity contribution >= 4 is 22.6 Å². The molecule has 6 heteroatoms. The maximum absolute atomic E-state index is 12.9. The van der Waals surface area contributed by atoms with Gasteiger partial charge in [0.25, 0.3) is 11.5 Å². The summed E-state index contributed by atoms with van der Waals surface area (Å²) in [4.78, 5) is 32.0. The first-order valence-corrected chi connectivity index (χ1v) is 8.32. The number of carbonyl (C=O) groups is 1. The zero-order valence-electron chi connectivity index (χ0n) is 13.9. The van der Waals surface area contributed by atoms with Crippen molar-refractivity contribution in [1.29, 1.82) is 0 Å². The second kappa shape index (κ2) is 5.47. The minimum absolute atomic E-state index is 0.0180. The van der Waals surface area contributed by atoms with E-state index < -0.39 is 0 Å². The number of nitrogens with zero attached hydrogens (tertiary/aromatic N) is 4. The first kappa shape index (κ1) is 14.9. The molecule has 0 spiro atoms. The van der Waals surface area contributed by atoms with Crippen molar-refractivity contribution in [2.45, 2.75) is 19.8 Å². The van der Waals surface area contributed by atoms with Crippen LogP contribution in [0.25, 0.3) is 16.7 Å². The number of carbonyl (C=O) groups excluding carboxylic acids is 1. The Bertz CT molecular complexity index is 1000. The van der Waals surface area contributed by atoms with Gasteiger partial charge in [0.15, 0.2) is 0 Å². The number of pyridine rings is 1. The molecule has 0 aliphatic carbocycles. The minimum atomic E-state index is -0.141. The highest BCUT2D eigenvalue weighted by Gasteiger charge is 2.25. The first-order valence-electron chi connectivity index (χ1n) is 8.32. The van der Waals surface area contributed by atoms with Gasteiger partial charge in [0.2, 0.25) is 0 Å². The summed E-state index contributed by atoms with van der Waals surface area (Å²) in [6.45, 7) is 3.72. The Balaban J connectivity index is 1.86. The van der Waals surface area contributed by atoms with Gasteiger partial charge in [-0.2, -0.15) is 0 Å². The highest BCUT2D eigenvalue weighted by atomic mass is 16.2. The summed E-state index contributed by atoms with van der Waals surface area (Å²) in [7, 11) is 1.80. The van der Waals surface area contributed by atoms with Crippen LogP contribution in [-0.4, -0.2) is 37.8 Å². The topological polar surface area (TPSA) is 59.6 Å². The van der Waals surface area contributed by atoms with Crippen LogP contribution in [0.3, 0.4) is 0 Å². The maximum Gasteiger partial charge on any atom is 0.270 e. The van der Waals surface area contributed by atoms with Crippen molar-refractivity contribution < 1.29 is 4.79 Å². The minimum Gasteiger partial charge on any atom is -0.337 e. The monoisotopic (exact) mass is 324 g/mol. The molecule has 0 radical (unpaired) electrons. The largest absolute Gasteiger partial charge is 0.337 e. The first-order chi connectivity index (χ1) is 11.6. The van der Waals surface area contributed by atoms with Gasteiger partial charge in [-0.15, -0.1) is 0 Å². The SMILES string of the molecule is C[C@@H]1CCCN(C(=O)c2cc3c(=O)n4ccccc4nc3n2C)C1. The van der Waals surface area contributed by atoms with E-state index in [9.17, 15) is 9.59 Å². The molecule has 24 heavy (non-hydrogen) atoms. The lowest BCUT2D eigenvalue weighted by Crippen LogP contribution is -2.39. The van der Waals surface area contributed by atoms with Crippen LogP contribution in [0.4, 0.5) is 0 Å². The molecule has 1 aliphatic heterocycles. The number of amides is 1. The lowest BCUT2D eigenvalue weighted by Gasteiger charge is -2.30. The van der Waals surface area contributed by atoms with E-state index >= 15 is 0 Å². The van der Waals surface area contributed by atoms with Crippen LogP contribution < -0.4 is 5.56 Å². The highest BCUT2D eigenvalue weighted by Crippen LogP contribution is 2.21. The van der Waals surface area contributed by atoms with Crippen LogP contribution >= 0.6 is 0 Å². The van der Waals surface area contributed by atoms with E-state index in [-0.39, 0.29) is 11.5 Å². The van der Waals surface area contributed by atoms with Crippen LogP contribution in [0, 0.1) is 5.92 Å². The average molecular weight is 324 g/mol. The van der Waals surface area contributed by atoms with Gasteiger partial charge in [-0.25, -0.2) is 4.98 Å². The van der Waals surface area contributed by atoms with E-state index in [1.165, 1.54) is 4.40 Å². The van der Waals surface area contributed by atoms with Gasteiger partial charge in [-0.05, 0) is 37.0 Å². The Morgan fingerprint density at radius 3 is 2.96 bits per heavy atom. The fourth-order valence-electron chi connectivity index (χ4n) is 3.56. The van der Waals surface area contributed by atoms with Crippen molar-refractivity contribution in [2.75, 3.05) is 13.1 Å². The Morgan fingerprint density at radius 2 is 2.17 bits per heavy atom. The summed E-state index contributed by atoms with van der Waals surface area (Å²) < 4.78 is 3.25. The molecule has 0 saturated carbocycles. The molecule has 6 nitrogen and oxygen atoms in total. The molecule has 0 bridgehead atoms. The number of rotatable bonds is 1. The summed E-state index contributed by atoms with van der Waals surface area (Å²) in [5, 5.41) is 0.481.